The Hall–Kier alpha value is -1.36. The molecule has 2 aliphatic rings. The van der Waals surface area contributed by atoms with Crippen LogP contribution in [0, 0.1) is 25.7 Å². The van der Waals surface area contributed by atoms with Crippen LogP contribution in [0.1, 0.15) is 35.1 Å². The molecule has 3 unspecified atom stereocenters. The van der Waals surface area contributed by atoms with Gasteiger partial charge in [0.2, 0.25) is 0 Å². The number of carbonyl (C=O) groups excluding carboxylic acids is 1. The van der Waals surface area contributed by atoms with Crippen LogP contribution >= 0.6 is 0 Å². The van der Waals surface area contributed by atoms with Crippen LogP contribution < -0.4 is 5.32 Å². The van der Waals surface area contributed by atoms with Gasteiger partial charge in [-0.3, -0.25) is 9.48 Å². The molecule has 0 bridgehead atoms. The van der Waals surface area contributed by atoms with Gasteiger partial charge >= 0.3 is 0 Å². The maximum absolute atomic E-state index is 13.0. The van der Waals surface area contributed by atoms with Gasteiger partial charge in [0.1, 0.15) is 0 Å². The quantitative estimate of drug-likeness (QED) is 0.880. The molecule has 1 aromatic heterocycles. The van der Waals surface area contributed by atoms with Crippen molar-refractivity contribution in [3.05, 3.63) is 17.0 Å². The van der Waals surface area contributed by atoms with E-state index in [1.807, 2.05) is 25.6 Å². The Morgan fingerprint density at radius 3 is 2.75 bits per heavy atom. The average Bonchev–Trinajstić information content (AvgIpc) is 3.03. The number of fused-ring (bicyclic) bond motifs is 1. The van der Waals surface area contributed by atoms with Gasteiger partial charge in [-0.2, -0.15) is 5.10 Å². The van der Waals surface area contributed by atoms with Crippen LogP contribution in [0.25, 0.3) is 0 Å². The second-order valence-corrected chi connectivity index (χ2v) is 6.18. The summed E-state index contributed by atoms with van der Waals surface area (Å²) in [4.78, 5) is 15.1. The van der Waals surface area contributed by atoms with E-state index in [0.29, 0.717) is 17.9 Å². The minimum absolute atomic E-state index is 0.175. The summed E-state index contributed by atoms with van der Waals surface area (Å²) in [6.45, 7) is 9.09. The van der Waals surface area contributed by atoms with Crippen LogP contribution in [-0.4, -0.2) is 46.3 Å². The first-order valence-corrected chi connectivity index (χ1v) is 7.56. The number of rotatable bonds is 2. The molecule has 1 aromatic rings. The predicted octanol–water partition coefficient (Wildman–Crippen LogP) is 1.11. The summed E-state index contributed by atoms with van der Waals surface area (Å²) in [5.41, 5.74) is 2.62. The Morgan fingerprint density at radius 1 is 1.40 bits per heavy atom. The smallest absolute Gasteiger partial charge is 0.257 e. The summed E-state index contributed by atoms with van der Waals surface area (Å²) < 4.78 is 1.81. The maximum Gasteiger partial charge on any atom is 0.257 e. The molecular weight excluding hydrogens is 252 g/mol. The maximum atomic E-state index is 13.0. The largest absolute Gasteiger partial charge is 0.335 e. The minimum atomic E-state index is 0.175. The van der Waals surface area contributed by atoms with E-state index in [4.69, 9.17) is 0 Å². The second kappa shape index (κ2) is 4.88. The summed E-state index contributed by atoms with van der Waals surface area (Å²) in [5.74, 6) is 1.43. The van der Waals surface area contributed by atoms with Gasteiger partial charge in [-0.05, 0) is 32.1 Å². The molecule has 0 aliphatic carbocycles. The first-order valence-electron chi connectivity index (χ1n) is 7.56. The van der Waals surface area contributed by atoms with Crippen molar-refractivity contribution in [3.63, 3.8) is 0 Å². The van der Waals surface area contributed by atoms with Gasteiger partial charge in [0.15, 0.2) is 0 Å². The number of amides is 1. The van der Waals surface area contributed by atoms with Crippen LogP contribution in [0.15, 0.2) is 0 Å². The number of hydrogen-bond acceptors (Lipinski definition) is 3. The molecular formula is C15H24N4O. The van der Waals surface area contributed by atoms with Crippen LogP contribution in [0.2, 0.25) is 0 Å². The van der Waals surface area contributed by atoms with Gasteiger partial charge < -0.3 is 10.2 Å². The molecule has 3 heterocycles. The fourth-order valence-electron chi connectivity index (χ4n) is 4.01. The first-order chi connectivity index (χ1) is 9.54. The standard InChI is InChI=1S/C15H24N4O/c1-5-13-12-7-16-6-11(12)8-19(13)15(20)14-9(2)17-18(4)10(14)3/h11-13,16H,5-8H2,1-4H3. The number of aryl methyl sites for hydroxylation is 2. The number of nitrogens with one attached hydrogen (secondary N) is 1. The molecule has 1 N–H and O–H groups in total. The molecule has 2 saturated heterocycles. The highest BCUT2D eigenvalue weighted by atomic mass is 16.2. The lowest BCUT2D eigenvalue weighted by molar-refractivity contribution is 0.0710. The summed E-state index contributed by atoms with van der Waals surface area (Å²) in [5, 5.41) is 7.84. The Bertz CT molecular complexity index is 536. The molecule has 110 valence electrons. The van der Waals surface area contributed by atoms with Crippen LogP contribution in [0.5, 0.6) is 0 Å². The van der Waals surface area contributed by atoms with E-state index in [0.717, 1.165) is 43.0 Å². The molecule has 0 aromatic carbocycles. The van der Waals surface area contributed by atoms with Crippen LogP contribution in [0.4, 0.5) is 0 Å². The van der Waals surface area contributed by atoms with Crippen LogP contribution in [-0.2, 0) is 7.05 Å². The Kier molecular flexibility index (Phi) is 3.32. The number of aromatic nitrogens is 2. The van der Waals surface area contributed by atoms with Crippen LogP contribution in [0.3, 0.4) is 0 Å². The lowest BCUT2D eigenvalue weighted by atomic mass is 9.93. The zero-order valence-electron chi connectivity index (χ0n) is 12.8. The fraction of sp³-hybridized carbons (Fsp3) is 0.733. The SMILES string of the molecule is CCC1C2CNCC2CN1C(=O)c1c(C)nn(C)c1C. The van der Waals surface area contributed by atoms with Crippen molar-refractivity contribution in [1.29, 1.82) is 0 Å². The van der Waals surface area contributed by atoms with Crippen molar-refractivity contribution < 1.29 is 4.79 Å². The third-order valence-electron chi connectivity index (χ3n) is 5.12. The zero-order chi connectivity index (χ0) is 14.4. The normalized spacial score (nSPS) is 29.0. The number of likely N-dealkylation sites (tertiary alicyclic amines) is 1. The molecule has 5 nitrogen and oxygen atoms in total. The van der Waals surface area contributed by atoms with E-state index in [-0.39, 0.29) is 5.91 Å². The molecule has 5 heteroatoms. The zero-order valence-corrected chi connectivity index (χ0v) is 12.8. The van der Waals surface area contributed by atoms with Gasteiger partial charge in [0, 0.05) is 38.4 Å². The lowest BCUT2D eigenvalue weighted by Crippen LogP contribution is -2.40. The van der Waals surface area contributed by atoms with Crippen molar-refractivity contribution in [3.8, 4) is 0 Å². The molecule has 3 atom stereocenters. The highest BCUT2D eigenvalue weighted by molar-refractivity contribution is 5.96. The molecule has 0 spiro atoms. The van der Waals surface area contributed by atoms with Crippen molar-refractivity contribution >= 4 is 5.91 Å². The van der Waals surface area contributed by atoms with Crippen molar-refractivity contribution in [1.82, 2.24) is 20.0 Å². The van der Waals surface area contributed by atoms with E-state index in [2.05, 4.69) is 22.2 Å². The summed E-state index contributed by atoms with van der Waals surface area (Å²) in [6.07, 6.45) is 1.03. The van der Waals surface area contributed by atoms with Gasteiger partial charge in [-0.15, -0.1) is 0 Å². The van der Waals surface area contributed by atoms with Gasteiger partial charge in [-0.1, -0.05) is 6.92 Å². The third-order valence-corrected chi connectivity index (χ3v) is 5.12. The molecule has 2 aliphatic heterocycles. The van der Waals surface area contributed by atoms with Gasteiger partial charge in [0.25, 0.3) is 5.91 Å². The summed E-state index contributed by atoms with van der Waals surface area (Å²) >= 11 is 0. The summed E-state index contributed by atoms with van der Waals surface area (Å²) in [6, 6.07) is 0.376. The Balaban J connectivity index is 1.90. The highest BCUT2D eigenvalue weighted by Gasteiger charge is 2.45. The van der Waals surface area contributed by atoms with Crippen molar-refractivity contribution in [2.24, 2.45) is 18.9 Å². The second-order valence-electron chi connectivity index (χ2n) is 6.18. The number of carbonyl (C=O) groups is 1. The Labute approximate surface area is 120 Å². The van der Waals surface area contributed by atoms with E-state index in [1.54, 1.807) is 0 Å². The first kappa shape index (κ1) is 13.6. The molecule has 3 rings (SSSR count). The predicted molar refractivity (Wildman–Crippen MR) is 77.6 cm³/mol. The average molecular weight is 276 g/mol. The minimum Gasteiger partial charge on any atom is -0.335 e. The van der Waals surface area contributed by atoms with Crippen molar-refractivity contribution in [2.45, 2.75) is 33.2 Å². The molecule has 1 amide bonds. The number of nitrogens with zero attached hydrogens (tertiary/aromatic N) is 3. The molecule has 0 saturated carbocycles. The van der Waals surface area contributed by atoms with E-state index in [1.165, 1.54) is 0 Å². The lowest BCUT2D eigenvalue weighted by Gasteiger charge is -2.27. The van der Waals surface area contributed by atoms with Gasteiger partial charge in [-0.25, -0.2) is 0 Å². The third kappa shape index (κ3) is 1.87. The fourth-order valence-corrected chi connectivity index (χ4v) is 4.01. The molecule has 0 radical (unpaired) electrons. The van der Waals surface area contributed by atoms with E-state index in [9.17, 15) is 4.79 Å². The van der Waals surface area contributed by atoms with E-state index < -0.39 is 0 Å². The number of hydrogen-bond donors (Lipinski definition) is 1. The van der Waals surface area contributed by atoms with E-state index >= 15 is 0 Å². The van der Waals surface area contributed by atoms with Gasteiger partial charge in [0.05, 0.1) is 11.3 Å². The highest BCUT2D eigenvalue weighted by Crippen LogP contribution is 2.35. The van der Waals surface area contributed by atoms with Crippen molar-refractivity contribution in [2.75, 3.05) is 19.6 Å². The topological polar surface area (TPSA) is 50.2 Å². The monoisotopic (exact) mass is 276 g/mol. The molecule has 20 heavy (non-hydrogen) atoms. The summed E-state index contributed by atoms with van der Waals surface area (Å²) in [7, 11) is 1.90. The molecule has 2 fully saturated rings. The Morgan fingerprint density at radius 2 is 2.15 bits per heavy atom.